The summed E-state index contributed by atoms with van der Waals surface area (Å²) in [6.45, 7) is 1.48. The molecule has 0 radical (unpaired) electrons. The molecule has 0 saturated carbocycles. The molecule has 1 N–H and O–H groups in total. The van der Waals surface area contributed by atoms with E-state index >= 15 is 0 Å². The Morgan fingerprint density at radius 3 is 2.28 bits per heavy atom. The van der Waals surface area contributed by atoms with E-state index in [0.717, 1.165) is 0 Å². The highest BCUT2D eigenvalue weighted by Crippen LogP contribution is 2.24. The zero-order chi connectivity index (χ0) is 21.0. The summed E-state index contributed by atoms with van der Waals surface area (Å²) < 4.78 is 55.9. The maximum Gasteiger partial charge on any atom is 0.266 e. The van der Waals surface area contributed by atoms with Crippen LogP contribution >= 0.6 is 11.3 Å². The quantitative estimate of drug-likeness (QED) is 0.568. The number of nitrogens with one attached hydrogen (secondary N) is 1. The zero-order valence-corrected chi connectivity index (χ0v) is 16.6. The summed E-state index contributed by atoms with van der Waals surface area (Å²) >= 11 is 0.695. The molecule has 11 heteroatoms. The number of carbonyl (C=O) groups excluding carboxylic acids is 1. The first-order chi connectivity index (χ1) is 13.7. The van der Waals surface area contributed by atoms with Gasteiger partial charge in [0.2, 0.25) is 19.3 Å². The van der Waals surface area contributed by atoms with Crippen molar-refractivity contribution in [1.82, 2.24) is 10.2 Å². The molecule has 0 aliphatic heterocycles. The number of hydrogen-bond acceptors (Lipinski definition) is 7. The molecule has 0 bridgehead atoms. The summed E-state index contributed by atoms with van der Waals surface area (Å²) in [4.78, 5) is 12.2. The van der Waals surface area contributed by atoms with Crippen molar-refractivity contribution in [3.63, 3.8) is 0 Å². The molecule has 0 aliphatic rings. The van der Waals surface area contributed by atoms with Gasteiger partial charge < -0.3 is 4.74 Å². The second-order valence-electron chi connectivity index (χ2n) is 5.96. The van der Waals surface area contributed by atoms with Crippen LogP contribution in [0.15, 0.2) is 52.9 Å². The molecule has 0 spiro atoms. The number of rotatable bonds is 7. The van der Waals surface area contributed by atoms with Gasteiger partial charge in [0.05, 0.1) is 5.75 Å². The molecule has 1 aromatic heterocycles. The Hall–Kier alpha value is -2.92. The van der Waals surface area contributed by atoms with Gasteiger partial charge in [-0.15, -0.1) is 10.2 Å². The first kappa shape index (κ1) is 20.8. The summed E-state index contributed by atoms with van der Waals surface area (Å²) in [7, 11) is -3.81. The number of aromatic nitrogens is 2. The number of nitrogens with zero attached hydrogens (tertiary/aromatic N) is 2. The van der Waals surface area contributed by atoms with Crippen molar-refractivity contribution in [3.8, 4) is 5.75 Å². The van der Waals surface area contributed by atoms with E-state index < -0.39 is 33.5 Å². The molecule has 3 aromatic rings. The lowest BCUT2D eigenvalue weighted by atomic mass is 10.2. The van der Waals surface area contributed by atoms with Gasteiger partial charge in [0.1, 0.15) is 17.4 Å². The lowest BCUT2D eigenvalue weighted by Gasteiger charge is -2.13. The van der Waals surface area contributed by atoms with Crippen molar-refractivity contribution in [3.05, 3.63) is 65.7 Å². The third kappa shape index (κ3) is 5.55. The first-order valence-corrected chi connectivity index (χ1v) is 10.7. The van der Waals surface area contributed by atoms with E-state index in [1.54, 1.807) is 0 Å². The number of anilines is 1. The minimum atomic E-state index is -3.81. The van der Waals surface area contributed by atoms with Crippen LogP contribution in [0, 0.1) is 11.6 Å². The monoisotopic (exact) mass is 439 g/mol. The lowest BCUT2D eigenvalue weighted by Crippen LogP contribution is -2.30. The van der Waals surface area contributed by atoms with Gasteiger partial charge in [-0.3, -0.25) is 10.1 Å². The molecule has 0 saturated heterocycles. The number of benzene rings is 2. The van der Waals surface area contributed by atoms with Crippen molar-refractivity contribution in [1.29, 1.82) is 0 Å². The normalized spacial score (nSPS) is 12.4. The van der Waals surface area contributed by atoms with Crippen LogP contribution < -0.4 is 10.1 Å². The van der Waals surface area contributed by atoms with Crippen molar-refractivity contribution < 1.29 is 26.7 Å². The zero-order valence-electron chi connectivity index (χ0n) is 15.0. The van der Waals surface area contributed by atoms with Crippen LogP contribution in [0.1, 0.15) is 12.5 Å². The van der Waals surface area contributed by atoms with Gasteiger partial charge in [-0.25, -0.2) is 17.2 Å². The van der Waals surface area contributed by atoms with Gasteiger partial charge in [0.25, 0.3) is 5.91 Å². The van der Waals surface area contributed by atoms with Gasteiger partial charge in [-0.05, 0) is 48.9 Å². The average Bonchev–Trinajstić information content (AvgIpc) is 3.15. The van der Waals surface area contributed by atoms with E-state index in [2.05, 4.69) is 15.5 Å². The lowest BCUT2D eigenvalue weighted by molar-refractivity contribution is -0.122. The fraction of sp³-hybridized carbons (Fsp3) is 0.167. The summed E-state index contributed by atoms with van der Waals surface area (Å²) in [5.41, 5.74) is 0.397. The van der Waals surface area contributed by atoms with Crippen LogP contribution in [-0.4, -0.2) is 30.6 Å². The number of carbonyl (C=O) groups is 1. The Morgan fingerprint density at radius 1 is 1.07 bits per heavy atom. The fourth-order valence-corrected chi connectivity index (χ4v) is 4.55. The van der Waals surface area contributed by atoms with E-state index in [0.29, 0.717) is 22.6 Å². The van der Waals surface area contributed by atoms with Crippen LogP contribution in [0.25, 0.3) is 0 Å². The number of hydrogen-bond donors (Lipinski definition) is 1. The summed E-state index contributed by atoms with van der Waals surface area (Å²) in [5.74, 6) is -1.55. The fourth-order valence-electron chi connectivity index (χ4n) is 2.23. The average molecular weight is 439 g/mol. The maximum absolute atomic E-state index is 13.0. The highest BCUT2D eigenvalue weighted by Gasteiger charge is 2.23. The molecular formula is C18H15F2N3O4S2. The van der Waals surface area contributed by atoms with Crippen molar-refractivity contribution >= 4 is 32.2 Å². The van der Waals surface area contributed by atoms with Crippen LogP contribution in [0.2, 0.25) is 0 Å². The number of ether oxygens (including phenoxy) is 1. The predicted molar refractivity (Wildman–Crippen MR) is 102 cm³/mol. The van der Waals surface area contributed by atoms with Crippen LogP contribution in [0.4, 0.5) is 13.9 Å². The van der Waals surface area contributed by atoms with E-state index in [9.17, 15) is 22.0 Å². The minimum Gasteiger partial charge on any atom is -0.481 e. The minimum absolute atomic E-state index is 0.0118. The van der Waals surface area contributed by atoms with Gasteiger partial charge in [-0.2, -0.15) is 0 Å². The summed E-state index contributed by atoms with van der Waals surface area (Å²) in [6, 6.07) is 10.2. The van der Waals surface area contributed by atoms with E-state index in [1.807, 2.05) is 0 Å². The molecule has 1 amide bonds. The van der Waals surface area contributed by atoms with Gasteiger partial charge in [0, 0.05) is 0 Å². The van der Waals surface area contributed by atoms with Crippen molar-refractivity contribution in [2.24, 2.45) is 0 Å². The molecule has 7 nitrogen and oxygen atoms in total. The molecule has 152 valence electrons. The van der Waals surface area contributed by atoms with Gasteiger partial charge in [-0.1, -0.05) is 23.5 Å². The first-order valence-electron chi connectivity index (χ1n) is 8.27. The Labute approximate surface area is 169 Å². The van der Waals surface area contributed by atoms with Gasteiger partial charge >= 0.3 is 0 Å². The molecule has 0 aliphatic carbocycles. The topological polar surface area (TPSA) is 98.2 Å². The third-order valence-electron chi connectivity index (χ3n) is 3.67. The Balaban J connectivity index is 1.63. The maximum atomic E-state index is 13.0. The Bertz CT molecular complexity index is 1100. The number of amides is 1. The SMILES string of the molecule is C[C@H](Oc1ccc(F)cc1)C(=O)Nc1nnc(S(=O)(=O)Cc2ccc(F)cc2)s1. The van der Waals surface area contributed by atoms with Crippen LogP contribution in [0.5, 0.6) is 5.75 Å². The van der Waals surface area contributed by atoms with E-state index in [4.69, 9.17) is 4.74 Å². The van der Waals surface area contributed by atoms with Crippen LogP contribution in [-0.2, 0) is 20.4 Å². The Kier molecular flexibility index (Phi) is 6.18. The standard InChI is InChI=1S/C18H15F2N3O4S2/c1-11(27-15-8-6-14(20)7-9-15)16(24)21-17-22-23-18(28-17)29(25,26)10-12-2-4-13(19)5-3-12/h2-9,11H,10H2,1H3,(H,21,22,24)/t11-/m0/s1. The molecule has 2 aromatic carbocycles. The number of halogens is 2. The molecule has 0 unspecified atom stereocenters. The summed E-state index contributed by atoms with van der Waals surface area (Å²) in [6.07, 6.45) is -0.941. The predicted octanol–water partition coefficient (Wildman–Crippen LogP) is 3.20. The smallest absolute Gasteiger partial charge is 0.266 e. The van der Waals surface area contributed by atoms with Crippen LogP contribution in [0.3, 0.4) is 0 Å². The number of sulfone groups is 1. The van der Waals surface area contributed by atoms with Crippen molar-refractivity contribution in [2.45, 2.75) is 23.1 Å². The molecular weight excluding hydrogens is 424 g/mol. The third-order valence-corrected chi connectivity index (χ3v) is 6.64. The van der Waals surface area contributed by atoms with E-state index in [-0.39, 0.29) is 15.2 Å². The molecule has 1 heterocycles. The molecule has 29 heavy (non-hydrogen) atoms. The van der Waals surface area contributed by atoms with Gasteiger partial charge in [0.15, 0.2) is 6.10 Å². The second-order valence-corrected chi connectivity index (χ2v) is 9.10. The molecule has 3 rings (SSSR count). The largest absolute Gasteiger partial charge is 0.481 e. The molecule has 0 fully saturated rings. The summed E-state index contributed by atoms with van der Waals surface area (Å²) in [5, 5.41) is 9.71. The highest BCUT2D eigenvalue weighted by molar-refractivity contribution is 7.92. The van der Waals surface area contributed by atoms with E-state index in [1.165, 1.54) is 55.5 Å². The molecule has 1 atom stereocenters. The second kappa shape index (κ2) is 8.62. The van der Waals surface area contributed by atoms with Crippen molar-refractivity contribution in [2.75, 3.05) is 5.32 Å². The highest BCUT2D eigenvalue weighted by atomic mass is 32.2. The Morgan fingerprint density at radius 2 is 1.66 bits per heavy atom.